The molecule has 0 aliphatic carbocycles. The molecule has 1 fully saturated rings. The quantitative estimate of drug-likeness (QED) is 0.571. The normalized spacial score (nSPS) is 14.4. The van der Waals surface area contributed by atoms with E-state index in [9.17, 15) is 9.59 Å². The average Bonchev–Trinajstić information content (AvgIpc) is 3.19. The van der Waals surface area contributed by atoms with Crippen LogP contribution in [0.1, 0.15) is 29.4 Å². The van der Waals surface area contributed by atoms with Gasteiger partial charge in [-0.1, -0.05) is 6.07 Å². The second-order valence-corrected chi connectivity index (χ2v) is 7.84. The van der Waals surface area contributed by atoms with E-state index in [4.69, 9.17) is 0 Å². The Balaban J connectivity index is 1.30. The first-order chi connectivity index (χ1) is 15.5. The summed E-state index contributed by atoms with van der Waals surface area (Å²) in [7, 11) is 0. The summed E-state index contributed by atoms with van der Waals surface area (Å²) < 4.78 is 1.60. The van der Waals surface area contributed by atoms with Gasteiger partial charge in [0.2, 0.25) is 5.91 Å². The summed E-state index contributed by atoms with van der Waals surface area (Å²) in [5.74, 6) is 0.464. The maximum Gasteiger partial charge on any atom is 0.250 e. The first kappa shape index (κ1) is 21.6. The summed E-state index contributed by atoms with van der Waals surface area (Å²) in [4.78, 5) is 37.1. The largest absolute Gasteiger partial charge is 0.369 e. The van der Waals surface area contributed by atoms with Crippen molar-refractivity contribution in [1.82, 2.24) is 24.6 Å². The molecule has 3 heterocycles. The zero-order valence-electron chi connectivity index (χ0n) is 18.4. The first-order valence-corrected chi connectivity index (χ1v) is 10.7. The number of piperazine rings is 1. The van der Waals surface area contributed by atoms with E-state index in [0.29, 0.717) is 24.5 Å². The van der Waals surface area contributed by atoms with Crippen LogP contribution in [0, 0.1) is 6.92 Å². The van der Waals surface area contributed by atoms with Crippen molar-refractivity contribution in [2.75, 3.05) is 42.9 Å². The van der Waals surface area contributed by atoms with E-state index in [0.717, 1.165) is 43.2 Å². The third-order valence-corrected chi connectivity index (χ3v) is 5.61. The van der Waals surface area contributed by atoms with Crippen LogP contribution in [0.15, 0.2) is 48.9 Å². The van der Waals surface area contributed by atoms with E-state index < -0.39 is 0 Å². The molecular weight excluding hydrogens is 406 g/mol. The minimum absolute atomic E-state index is 0.0753. The summed E-state index contributed by atoms with van der Waals surface area (Å²) in [6.07, 6.45) is 5.36. The van der Waals surface area contributed by atoms with Gasteiger partial charge in [-0.25, -0.2) is 14.6 Å². The fraction of sp³-hybridized carbons (Fsp3) is 0.348. The molecule has 4 rings (SSSR count). The van der Waals surface area contributed by atoms with Crippen molar-refractivity contribution in [3.05, 3.63) is 60.2 Å². The minimum Gasteiger partial charge on any atom is -0.369 e. The molecule has 32 heavy (non-hydrogen) atoms. The zero-order chi connectivity index (χ0) is 22.5. The Hall–Kier alpha value is -3.59. The van der Waals surface area contributed by atoms with Crippen molar-refractivity contribution in [3.63, 3.8) is 0 Å². The molecular formula is C23H27N7O2. The number of nitrogens with one attached hydrogen (secondary N) is 1. The highest BCUT2D eigenvalue weighted by atomic mass is 16.1. The molecule has 1 amide bonds. The summed E-state index contributed by atoms with van der Waals surface area (Å²) in [6, 6.07) is 9.64. The molecule has 0 unspecified atom stereocenters. The first-order valence-electron chi connectivity index (χ1n) is 10.7. The number of carbonyl (C=O) groups excluding carboxylic acids is 2. The molecule has 0 saturated carbocycles. The number of nitrogens with zero attached hydrogens (tertiary/aromatic N) is 6. The highest BCUT2D eigenvalue weighted by Gasteiger charge is 2.20. The fourth-order valence-corrected chi connectivity index (χ4v) is 3.89. The molecule has 0 radical (unpaired) electrons. The van der Waals surface area contributed by atoms with Crippen LogP contribution in [0.25, 0.3) is 5.95 Å². The second-order valence-electron chi connectivity index (χ2n) is 7.84. The number of benzene rings is 1. The van der Waals surface area contributed by atoms with Crippen LogP contribution in [0.3, 0.4) is 0 Å². The van der Waals surface area contributed by atoms with Gasteiger partial charge in [0.15, 0.2) is 5.78 Å². The molecule has 0 spiro atoms. The Kier molecular flexibility index (Phi) is 6.55. The van der Waals surface area contributed by atoms with Crippen molar-refractivity contribution in [3.8, 4) is 5.95 Å². The topological polar surface area (TPSA) is 96.2 Å². The molecule has 1 N–H and O–H groups in total. The van der Waals surface area contributed by atoms with Gasteiger partial charge >= 0.3 is 0 Å². The molecule has 2 aromatic heterocycles. The van der Waals surface area contributed by atoms with Gasteiger partial charge in [0.05, 0.1) is 17.5 Å². The summed E-state index contributed by atoms with van der Waals surface area (Å²) in [5.41, 5.74) is 3.27. The number of carbonyl (C=O) groups is 2. The highest BCUT2D eigenvalue weighted by Crippen LogP contribution is 2.21. The maximum absolute atomic E-state index is 12.8. The molecule has 9 nitrogen and oxygen atoms in total. The Labute approximate surface area is 187 Å². The van der Waals surface area contributed by atoms with Crippen molar-refractivity contribution >= 4 is 23.1 Å². The summed E-state index contributed by atoms with van der Waals surface area (Å²) in [5, 5.41) is 7.12. The van der Waals surface area contributed by atoms with Crippen LogP contribution < -0.4 is 10.2 Å². The molecule has 0 bridgehead atoms. The lowest BCUT2D eigenvalue weighted by molar-refractivity contribution is -0.114. The Morgan fingerprint density at radius 2 is 1.81 bits per heavy atom. The standard InChI is InChI=1S/C23H27N7O2/c1-17-21(16-26-30(17)23-24-8-4-9-25-23)22(32)7-10-28-11-13-29(14-12-28)20-6-3-5-19(15-20)27-18(2)31/h3-6,8-9,15-16H,7,10-14H2,1-2H3,(H,27,31). The van der Waals surface area contributed by atoms with Gasteiger partial charge < -0.3 is 10.2 Å². The van der Waals surface area contributed by atoms with E-state index in [1.165, 1.54) is 6.92 Å². The predicted octanol–water partition coefficient (Wildman–Crippen LogP) is 2.32. The number of amides is 1. The van der Waals surface area contributed by atoms with Gasteiger partial charge in [0, 0.05) is 69.8 Å². The van der Waals surface area contributed by atoms with E-state index in [1.54, 1.807) is 29.3 Å². The van der Waals surface area contributed by atoms with Crippen molar-refractivity contribution < 1.29 is 9.59 Å². The maximum atomic E-state index is 12.8. The number of hydrogen-bond acceptors (Lipinski definition) is 7. The average molecular weight is 434 g/mol. The molecule has 1 aliphatic rings. The number of hydrogen-bond donors (Lipinski definition) is 1. The Bertz CT molecular complexity index is 1090. The van der Waals surface area contributed by atoms with Gasteiger partial charge in [-0.3, -0.25) is 14.5 Å². The molecule has 3 aromatic rings. The lowest BCUT2D eigenvalue weighted by atomic mass is 10.1. The van der Waals surface area contributed by atoms with Crippen LogP contribution in [-0.4, -0.2) is 69.1 Å². The highest BCUT2D eigenvalue weighted by molar-refractivity contribution is 5.97. The molecule has 1 aliphatic heterocycles. The molecule has 1 aromatic carbocycles. The van der Waals surface area contributed by atoms with Crippen molar-refractivity contribution in [1.29, 1.82) is 0 Å². The van der Waals surface area contributed by atoms with Gasteiger partial charge in [-0.05, 0) is 31.2 Å². The Morgan fingerprint density at radius 1 is 1.06 bits per heavy atom. The third kappa shape index (κ3) is 5.00. The van der Waals surface area contributed by atoms with Crippen LogP contribution in [0.5, 0.6) is 0 Å². The molecule has 0 atom stereocenters. The van der Waals surface area contributed by atoms with E-state index >= 15 is 0 Å². The minimum atomic E-state index is -0.0753. The van der Waals surface area contributed by atoms with E-state index in [-0.39, 0.29) is 11.7 Å². The molecule has 1 saturated heterocycles. The van der Waals surface area contributed by atoms with Crippen LogP contribution in [0.4, 0.5) is 11.4 Å². The lowest BCUT2D eigenvalue weighted by Crippen LogP contribution is -2.46. The van der Waals surface area contributed by atoms with E-state index in [2.05, 4.69) is 36.2 Å². The SMILES string of the molecule is CC(=O)Nc1cccc(N2CCN(CCC(=O)c3cnn(-c4ncccn4)c3C)CC2)c1. The number of ketones is 1. The fourth-order valence-electron chi connectivity index (χ4n) is 3.89. The summed E-state index contributed by atoms with van der Waals surface area (Å²) >= 11 is 0. The monoisotopic (exact) mass is 433 g/mol. The van der Waals surface area contributed by atoms with Crippen molar-refractivity contribution in [2.45, 2.75) is 20.3 Å². The third-order valence-electron chi connectivity index (χ3n) is 5.61. The number of rotatable bonds is 7. The van der Waals surface area contributed by atoms with E-state index in [1.807, 2.05) is 25.1 Å². The predicted molar refractivity (Wildman–Crippen MR) is 122 cm³/mol. The van der Waals surface area contributed by atoms with Crippen LogP contribution >= 0.6 is 0 Å². The molecule has 166 valence electrons. The second kappa shape index (κ2) is 9.69. The van der Waals surface area contributed by atoms with Gasteiger partial charge in [-0.15, -0.1) is 0 Å². The van der Waals surface area contributed by atoms with Crippen LogP contribution in [-0.2, 0) is 4.79 Å². The molecule has 9 heteroatoms. The van der Waals surface area contributed by atoms with Gasteiger partial charge in [-0.2, -0.15) is 5.10 Å². The van der Waals surface area contributed by atoms with Crippen molar-refractivity contribution in [2.24, 2.45) is 0 Å². The number of Topliss-reactive ketones (excluding diaryl/α,β-unsaturated/α-hetero) is 1. The number of aromatic nitrogens is 4. The lowest BCUT2D eigenvalue weighted by Gasteiger charge is -2.36. The summed E-state index contributed by atoms with van der Waals surface area (Å²) in [6.45, 7) is 7.60. The van der Waals surface area contributed by atoms with Crippen LogP contribution in [0.2, 0.25) is 0 Å². The zero-order valence-corrected chi connectivity index (χ0v) is 18.4. The smallest absolute Gasteiger partial charge is 0.250 e. The number of anilines is 2. The Morgan fingerprint density at radius 3 is 2.53 bits per heavy atom. The van der Waals surface area contributed by atoms with Gasteiger partial charge in [0.1, 0.15) is 0 Å². The van der Waals surface area contributed by atoms with Gasteiger partial charge in [0.25, 0.3) is 5.95 Å².